The molecule has 0 radical (unpaired) electrons. The Morgan fingerprint density at radius 1 is 1.13 bits per heavy atom. The maximum Gasteiger partial charge on any atom is 0.240 e. The lowest BCUT2D eigenvalue weighted by molar-refractivity contribution is -0.130. The molecule has 1 saturated heterocycles. The molecular formula is C23H34N4O3. The number of morpholine rings is 1. The number of ether oxygens (including phenoxy) is 1. The van der Waals surface area contributed by atoms with Crippen LogP contribution in [-0.2, 0) is 14.3 Å². The number of amides is 2. The van der Waals surface area contributed by atoms with Crippen LogP contribution >= 0.6 is 0 Å². The number of likely N-dealkylation sites (N-methyl/N-ethyl adjacent to an activating group) is 1. The van der Waals surface area contributed by atoms with Gasteiger partial charge in [-0.25, -0.2) is 0 Å². The highest BCUT2D eigenvalue weighted by Crippen LogP contribution is 2.22. The van der Waals surface area contributed by atoms with E-state index in [1.54, 1.807) is 4.90 Å². The summed E-state index contributed by atoms with van der Waals surface area (Å²) in [5, 5.41) is 2.93. The topological polar surface area (TPSA) is 65.1 Å². The lowest BCUT2D eigenvalue weighted by Gasteiger charge is -2.29. The van der Waals surface area contributed by atoms with Gasteiger partial charge in [0.25, 0.3) is 0 Å². The van der Waals surface area contributed by atoms with Crippen LogP contribution in [0.3, 0.4) is 0 Å². The zero-order valence-electron chi connectivity index (χ0n) is 18.2. The highest BCUT2D eigenvalue weighted by molar-refractivity contribution is 5.92. The fourth-order valence-corrected chi connectivity index (χ4v) is 3.95. The van der Waals surface area contributed by atoms with E-state index in [2.05, 4.69) is 23.2 Å². The van der Waals surface area contributed by atoms with E-state index in [1.165, 1.54) is 0 Å². The van der Waals surface area contributed by atoms with Gasteiger partial charge in [0.05, 0.1) is 26.3 Å². The number of benzene rings is 1. The lowest BCUT2D eigenvalue weighted by atomic mass is 10.2. The fourth-order valence-electron chi connectivity index (χ4n) is 3.95. The largest absolute Gasteiger partial charge is 0.378 e. The minimum absolute atomic E-state index is 0.0650. The second kappa shape index (κ2) is 11.1. The second-order valence-corrected chi connectivity index (χ2v) is 8.00. The SMILES string of the molecule is CCCN(C(=O)CN(C)CC(=O)Nc1ccc(N2CCOCC2)cc1)C1=CCCC1. The molecule has 1 N–H and O–H groups in total. The summed E-state index contributed by atoms with van der Waals surface area (Å²) >= 11 is 0. The average Bonchev–Trinajstić information content (AvgIpc) is 3.27. The molecule has 0 aromatic heterocycles. The zero-order valence-corrected chi connectivity index (χ0v) is 18.2. The highest BCUT2D eigenvalue weighted by Gasteiger charge is 2.21. The Kier molecular flexibility index (Phi) is 8.28. The number of allylic oxidation sites excluding steroid dienone is 2. The van der Waals surface area contributed by atoms with E-state index in [0.717, 1.165) is 75.6 Å². The van der Waals surface area contributed by atoms with Gasteiger partial charge in [-0.15, -0.1) is 0 Å². The Balaban J connectivity index is 1.47. The molecule has 0 bridgehead atoms. The number of carbonyl (C=O) groups excluding carboxylic acids is 2. The average molecular weight is 415 g/mol. The molecule has 1 aromatic carbocycles. The minimum Gasteiger partial charge on any atom is -0.378 e. The highest BCUT2D eigenvalue weighted by atomic mass is 16.5. The van der Waals surface area contributed by atoms with E-state index >= 15 is 0 Å². The van der Waals surface area contributed by atoms with Crippen molar-refractivity contribution in [3.8, 4) is 0 Å². The molecule has 7 nitrogen and oxygen atoms in total. The van der Waals surface area contributed by atoms with E-state index in [-0.39, 0.29) is 24.9 Å². The Bertz CT molecular complexity index is 741. The van der Waals surface area contributed by atoms with Crippen molar-refractivity contribution in [2.75, 3.05) is 63.2 Å². The molecule has 2 aliphatic rings. The predicted octanol–water partition coefficient (Wildman–Crippen LogP) is 2.70. The molecule has 0 spiro atoms. The van der Waals surface area contributed by atoms with E-state index in [4.69, 9.17) is 4.74 Å². The summed E-state index contributed by atoms with van der Waals surface area (Å²) in [7, 11) is 1.81. The number of rotatable bonds is 9. The van der Waals surface area contributed by atoms with Crippen LogP contribution in [0, 0.1) is 0 Å². The molecule has 164 valence electrons. The number of hydrogen-bond acceptors (Lipinski definition) is 5. The van der Waals surface area contributed by atoms with Crippen LogP contribution in [0.1, 0.15) is 32.6 Å². The third kappa shape index (κ3) is 6.31. The fraction of sp³-hybridized carbons (Fsp3) is 0.565. The number of hydrogen-bond donors (Lipinski definition) is 1. The molecule has 1 aliphatic heterocycles. The number of anilines is 2. The van der Waals surface area contributed by atoms with Gasteiger partial charge in [0, 0.05) is 36.7 Å². The molecule has 0 unspecified atom stereocenters. The quantitative estimate of drug-likeness (QED) is 0.673. The number of carbonyl (C=O) groups is 2. The van der Waals surface area contributed by atoms with Gasteiger partial charge in [-0.1, -0.05) is 13.0 Å². The molecule has 2 amide bonds. The molecule has 1 fully saturated rings. The summed E-state index contributed by atoms with van der Waals surface area (Å²) in [4.78, 5) is 31.1. The van der Waals surface area contributed by atoms with Gasteiger partial charge in [-0.05, 0) is 57.0 Å². The van der Waals surface area contributed by atoms with Gasteiger partial charge in [0.15, 0.2) is 0 Å². The van der Waals surface area contributed by atoms with Gasteiger partial charge >= 0.3 is 0 Å². The first-order chi connectivity index (χ1) is 14.6. The second-order valence-electron chi connectivity index (χ2n) is 8.00. The first-order valence-electron chi connectivity index (χ1n) is 11.0. The van der Waals surface area contributed by atoms with Crippen LogP contribution in [0.4, 0.5) is 11.4 Å². The lowest BCUT2D eigenvalue weighted by Crippen LogP contribution is -2.41. The van der Waals surface area contributed by atoms with Crippen LogP contribution in [-0.4, -0.2) is 74.6 Å². The monoisotopic (exact) mass is 414 g/mol. The maximum absolute atomic E-state index is 12.8. The molecule has 0 saturated carbocycles. The third-order valence-electron chi connectivity index (χ3n) is 5.46. The van der Waals surface area contributed by atoms with Crippen molar-refractivity contribution in [2.45, 2.75) is 32.6 Å². The van der Waals surface area contributed by atoms with Crippen molar-refractivity contribution in [1.82, 2.24) is 9.80 Å². The zero-order chi connectivity index (χ0) is 21.3. The molecule has 3 rings (SSSR count). The Hall–Kier alpha value is -2.38. The Morgan fingerprint density at radius 2 is 1.87 bits per heavy atom. The molecule has 1 aliphatic carbocycles. The molecule has 7 heteroatoms. The van der Waals surface area contributed by atoms with E-state index in [0.29, 0.717) is 0 Å². The normalized spacial score (nSPS) is 16.5. The molecule has 1 aromatic rings. The summed E-state index contributed by atoms with van der Waals surface area (Å²) < 4.78 is 5.39. The van der Waals surface area contributed by atoms with Crippen LogP contribution in [0.5, 0.6) is 0 Å². The summed E-state index contributed by atoms with van der Waals surface area (Å²) in [5.41, 5.74) is 3.04. The van der Waals surface area contributed by atoms with Crippen molar-refractivity contribution in [2.24, 2.45) is 0 Å². The minimum atomic E-state index is -0.119. The van der Waals surface area contributed by atoms with Gasteiger partial charge in [0.1, 0.15) is 0 Å². The Morgan fingerprint density at radius 3 is 2.50 bits per heavy atom. The molecule has 1 heterocycles. The van der Waals surface area contributed by atoms with Crippen molar-refractivity contribution >= 4 is 23.2 Å². The summed E-state index contributed by atoms with van der Waals surface area (Å²) in [6.45, 7) is 6.49. The van der Waals surface area contributed by atoms with Crippen LogP contribution < -0.4 is 10.2 Å². The van der Waals surface area contributed by atoms with E-state index in [9.17, 15) is 9.59 Å². The summed E-state index contributed by atoms with van der Waals surface area (Å²) in [6, 6.07) is 7.88. The third-order valence-corrected chi connectivity index (χ3v) is 5.46. The molecule has 0 atom stereocenters. The first-order valence-corrected chi connectivity index (χ1v) is 11.0. The van der Waals surface area contributed by atoms with Gasteiger partial charge in [-0.3, -0.25) is 14.5 Å². The van der Waals surface area contributed by atoms with Gasteiger partial charge in [0.2, 0.25) is 11.8 Å². The number of nitrogens with one attached hydrogen (secondary N) is 1. The van der Waals surface area contributed by atoms with Crippen molar-refractivity contribution in [3.05, 3.63) is 36.0 Å². The van der Waals surface area contributed by atoms with Crippen molar-refractivity contribution < 1.29 is 14.3 Å². The van der Waals surface area contributed by atoms with Crippen molar-refractivity contribution in [1.29, 1.82) is 0 Å². The van der Waals surface area contributed by atoms with Gasteiger partial charge in [-0.2, -0.15) is 0 Å². The predicted molar refractivity (Wildman–Crippen MR) is 120 cm³/mol. The first kappa shape index (κ1) is 22.3. The van der Waals surface area contributed by atoms with E-state index in [1.807, 2.05) is 36.2 Å². The smallest absolute Gasteiger partial charge is 0.240 e. The van der Waals surface area contributed by atoms with Crippen LogP contribution in [0.15, 0.2) is 36.0 Å². The standard InChI is InChI=1S/C23H34N4O3/c1-3-12-27(21-6-4-5-7-21)23(29)18-25(2)17-22(28)24-19-8-10-20(11-9-19)26-13-15-30-16-14-26/h6,8-11H,3-5,7,12-18H2,1-2H3,(H,24,28). The van der Waals surface area contributed by atoms with Crippen LogP contribution in [0.25, 0.3) is 0 Å². The summed E-state index contributed by atoms with van der Waals surface area (Å²) in [6.07, 6.45) is 6.22. The van der Waals surface area contributed by atoms with Crippen molar-refractivity contribution in [3.63, 3.8) is 0 Å². The molecular weight excluding hydrogens is 380 g/mol. The molecule has 30 heavy (non-hydrogen) atoms. The van der Waals surface area contributed by atoms with Gasteiger partial charge < -0.3 is 19.9 Å². The van der Waals surface area contributed by atoms with Crippen LogP contribution in [0.2, 0.25) is 0 Å². The number of nitrogens with zero attached hydrogens (tertiary/aromatic N) is 3. The maximum atomic E-state index is 12.8. The summed E-state index contributed by atoms with van der Waals surface area (Å²) in [5.74, 6) is -0.0540. The van der Waals surface area contributed by atoms with E-state index < -0.39 is 0 Å². The Labute approximate surface area is 179 Å².